The first-order valence-corrected chi connectivity index (χ1v) is 10.4. The lowest BCUT2D eigenvalue weighted by molar-refractivity contribution is -0.117. The standard InChI is InChI=1S/C24H25N5O2/c30-23(12-11-19-17-25-29(18-19)22-9-5-2-6-10-22)26-21-13-15-28(16-14-21)24(31)27-20-7-3-1-4-8-20/h1-12,17-18,21H,13-16H2,(H,26,30)(H,27,31)/b12-11+. The van der Waals surface area contributed by atoms with Gasteiger partial charge in [-0.05, 0) is 43.2 Å². The molecule has 7 heteroatoms. The average molecular weight is 415 g/mol. The number of benzene rings is 2. The highest BCUT2D eigenvalue weighted by molar-refractivity contribution is 5.92. The number of aromatic nitrogens is 2. The average Bonchev–Trinajstić information content (AvgIpc) is 3.29. The summed E-state index contributed by atoms with van der Waals surface area (Å²) in [6.07, 6.45) is 8.34. The molecule has 0 bridgehead atoms. The van der Waals surface area contributed by atoms with Crippen molar-refractivity contribution in [1.29, 1.82) is 0 Å². The Labute approximate surface area is 181 Å². The van der Waals surface area contributed by atoms with Crippen molar-refractivity contribution in [2.75, 3.05) is 18.4 Å². The number of carbonyl (C=O) groups excluding carboxylic acids is 2. The highest BCUT2D eigenvalue weighted by atomic mass is 16.2. The summed E-state index contributed by atoms with van der Waals surface area (Å²) in [6.45, 7) is 1.22. The topological polar surface area (TPSA) is 79.3 Å². The van der Waals surface area contributed by atoms with E-state index in [1.807, 2.05) is 66.9 Å². The van der Waals surface area contributed by atoms with E-state index in [4.69, 9.17) is 0 Å². The molecule has 7 nitrogen and oxygen atoms in total. The maximum atomic E-state index is 12.4. The van der Waals surface area contributed by atoms with Crippen LogP contribution in [0.15, 0.2) is 79.1 Å². The van der Waals surface area contributed by atoms with E-state index in [0.717, 1.165) is 29.8 Å². The Hall–Kier alpha value is -3.87. The fourth-order valence-corrected chi connectivity index (χ4v) is 3.52. The SMILES string of the molecule is O=C(/C=C/c1cnn(-c2ccccc2)c1)NC1CCN(C(=O)Nc2ccccc2)CC1. The molecule has 0 saturated carbocycles. The third kappa shape index (κ3) is 5.60. The van der Waals surface area contributed by atoms with Gasteiger partial charge < -0.3 is 15.5 Å². The van der Waals surface area contributed by atoms with E-state index in [-0.39, 0.29) is 18.0 Å². The van der Waals surface area contributed by atoms with Crippen molar-refractivity contribution in [2.45, 2.75) is 18.9 Å². The number of para-hydroxylation sites is 2. The molecule has 2 heterocycles. The van der Waals surface area contributed by atoms with E-state index in [0.29, 0.717) is 13.1 Å². The lowest BCUT2D eigenvalue weighted by Crippen LogP contribution is -2.47. The van der Waals surface area contributed by atoms with Crippen LogP contribution >= 0.6 is 0 Å². The molecule has 0 radical (unpaired) electrons. The molecule has 3 amide bonds. The number of likely N-dealkylation sites (tertiary alicyclic amines) is 1. The third-order valence-electron chi connectivity index (χ3n) is 5.20. The Bertz CT molecular complexity index is 1040. The molecule has 1 aliphatic rings. The van der Waals surface area contributed by atoms with Gasteiger partial charge in [0.2, 0.25) is 5.91 Å². The largest absolute Gasteiger partial charge is 0.350 e. The molecule has 2 N–H and O–H groups in total. The van der Waals surface area contributed by atoms with Crippen LogP contribution in [0.1, 0.15) is 18.4 Å². The predicted molar refractivity (Wildman–Crippen MR) is 121 cm³/mol. The summed E-state index contributed by atoms with van der Waals surface area (Å²) in [6, 6.07) is 19.2. The minimum absolute atomic E-state index is 0.0602. The zero-order valence-electron chi connectivity index (χ0n) is 17.1. The van der Waals surface area contributed by atoms with Gasteiger partial charge in [-0.25, -0.2) is 9.48 Å². The number of piperidine rings is 1. The summed E-state index contributed by atoms with van der Waals surface area (Å²) in [5.74, 6) is -0.139. The van der Waals surface area contributed by atoms with Crippen LogP contribution in [-0.4, -0.2) is 45.8 Å². The quantitative estimate of drug-likeness (QED) is 0.624. The van der Waals surface area contributed by atoms with Gasteiger partial charge in [0.1, 0.15) is 0 Å². The fraction of sp³-hybridized carbons (Fsp3) is 0.208. The number of urea groups is 1. The molecule has 1 fully saturated rings. The number of nitrogens with zero attached hydrogens (tertiary/aromatic N) is 3. The number of hydrogen-bond donors (Lipinski definition) is 2. The number of amides is 3. The molecular formula is C24H25N5O2. The van der Waals surface area contributed by atoms with Gasteiger partial charge in [0.25, 0.3) is 0 Å². The lowest BCUT2D eigenvalue weighted by atomic mass is 10.1. The summed E-state index contributed by atoms with van der Waals surface area (Å²) in [5.41, 5.74) is 2.60. The number of anilines is 1. The molecule has 3 aromatic rings. The van der Waals surface area contributed by atoms with Crippen LogP contribution in [0.4, 0.5) is 10.5 Å². The maximum absolute atomic E-state index is 12.4. The zero-order chi connectivity index (χ0) is 21.5. The summed E-state index contributed by atoms with van der Waals surface area (Å²) in [7, 11) is 0. The second kappa shape index (κ2) is 9.75. The minimum atomic E-state index is -0.139. The number of carbonyl (C=O) groups is 2. The van der Waals surface area contributed by atoms with Crippen LogP contribution in [-0.2, 0) is 4.79 Å². The first-order chi connectivity index (χ1) is 15.2. The molecule has 1 aromatic heterocycles. The van der Waals surface area contributed by atoms with Gasteiger partial charge in [-0.3, -0.25) is 4.79 Å². The van der Waals surface area contributed by atoms with Crippen LogP contribution in [0.3, 0.4) is 0 Å². The molecule has 31 heavy (non-hydrogen) atoms. The van der Waals surface area contributed by atoms with Crippen molar-refractivity contribution in [3.8, 4) is 5.69 Å². The molecule has 0 aliphatic carbocycles. The summed E-state index contributed by atoms with van der Waals surface area (Å²) < 4.78 is 1.77. The number of nitrogens with one attached hydrogen (secondary N) is 2. The van der Waals surface area contributed by atoms with Crippen molar-refractivity contribution in [3.63, 3.8) is 0 Å². The van der Waals surface area contributed by atoms with Gasteiger partial charge in [-0.1, -0.05) is 36.4 Å². The molecule has 4 rings (SSSR count). The second-order valence-electron chi connectivity index (χ2n) is 7.45. The Kier molecular flexibility index (Phi) is 6.42. The van der Waals surface area contributed by atoms with Crippen LogP contribution in [0, 0.1) is 0 Å². The Morgan fingerprint density at radius 3 is 2.35 bits per heavy atom. The maximum Gasteiger partial charge on any atom is 0.321 e. The predicted octanol–water partition coefficient (Wildman–Crippen LogP) is 3.70. The highest BCUT2D eigenvalue weighted by Gasteiger charge is 2.23. The van der Waals surface area contributed by atoms with E-state index in [9.17, 15) is 9.59 Å². The Morgan fingerprint density at radius 1 is 0.968 bits per heavy atom. The van der Waals surface area contributed by atoms with E-state index >= 15 is 0 Å². The molecular weight excluding hydrogens is 390 g/mol. The smallest absolute Gasteiger partial charge is 0.321 e. The third-order valence-corrected chi connectivity index (χ3v) is 5.20. The van der Waals surface area contributed by atoms with Crippen molar-refractivity contribution >= 4 is 23.7 Å². The minimum Gasteiger partial charge on any atom is -0.350 e. The zero-order valence-corrected chi connectivity index (χ0v) is 17.1. The Balaban J connectivity index is 1.23. The first-order valence-electron chi connectivity index (χ1n) is 10.4. The monoisotopic (exact) mass is 415 g/mol. The van der Waals surface area contributed by atoms with Crippen LogP contribution in [0.5, 0.6) is 0 Å². The van der Waals surface area contributed by atoms with Crippen LogP contribution in [0.25, 0.3) is 11.8 Å². The first kappa shape index (κ1) is 20.4. The summed E-state index contributed by atoms with van der Waals surface area (Å²) in [4.78, 5) is 26.4. The van der Waals surface area contributed by atoms with E-state index in [1.54, 1.807) is 21.9 Å². The van der Waals surface area contributed by atoms with Crippen LogP contribution in [0.2, 0.25) is 0 Å². The molecule has 1 saturated heterocycles. The second-order valence-corrected chi connectivity index (χ2v) is 7.45. The van der Waals surface area contributed by atoms with Crippen molar-refractivity contribution in [3.05, 3.63) is 84.7 Å². The molecule has 0 atom stereocenters. The molecule has 158 valence electrons. The Morgan fingerprint density at radius 2 is 1.65 bits per heavy atom. The number of rotatable bonds is 5. The molecule has 2 aromatic carbocycles. The van der Waals surface area contributed by atoms with Crippen molar-refractivity contribution < 1.29 is 9.59 Å². The highest BCUT2D eigenvalue weighted by Crippen LogP contribution is 2.14. The van der Waals surface area contributed by atoms with E-state index < -0.39 is 0 Å². The molecule has 0 spiro atoms. The molecule has 1 aliphatic heterocycles. The van der Waals surface area contributed by atoms with Crippen molar-refractivity contribution in [2.24, 2.45) is 0 Å². The van der Waals surface area contributed by atoms with Crippen LogP contribution < -0.4 is 10.6 Å². The number of hydrogen-bond acceptors (Lipinski definition) is 3. The lowest BCUT2D eigenvalue weighted by Gasteiger charge is -2.32. The normalized spacial score (nSPS) is 14.5. The van der Waals surface area contributed by atoms with Gasteiger partial charge in [-0.15, -0.1) is 0 Å². The van der Waals surface area contributed by atoms with Gasteiger partial charge in [0.05, 0.1) is 11.9 Å². The molecule has 0 unspecified atom stereocenters. The van der Waals surface area contributed by atoms with Gasteiger partial charge >= 0.3 is 6.03 Å². The summed E-state index contributed by atoms with van der Waals surface area (Å²) >= 11 is 0. The van der Waals surface area contributed by atoms with Crippen molar-refractivity contribution in [1.82, 2.24) is 20.0 Å². The fourth-order valence-electron chi connectivity index (χ4n) is 3.52. The van der Waals surface area contributed by atoms with Gasteiger partial charge in [0, 0.05) is 42.7 Å². The van der Waals surface area contributed by atoms with E-state index in [1.165, 1.54) is 6.08 Å². The summed E-state index contributed by atoms with van der Waals surface area (Å²) in [5, 5.41) is 10.3. The van der Waals surface area contributed by atoms with E-state index in [2.05, 4.69) is 15.7 Å². The van der Waals surface area contributed by atoms with Gasteiger partial charge in [-0.2, -0.15) is 5.10 Å². The van der Waals surface area contributed by atoms with Gasteiger partial charge in [0.15, 0.2) is 0 Å².